The molecule has 0 aliphatic heterocycles. The predicted octanol–water partition coefficient (Wildman–Crippen LogP) is 5.75. The molecule has 3 rings (SSSR count). The number of hydrogen-bond donors (Lipinski definition) is 2. The van der Waals surface area contributed by atoms with E-state index in [1.54, 1.807) is 6.07 Å². The number of benzene rings is 3. The summed E-state index contributed by atoms with van der Waals surface area (Å²) in [5.41, 5.74) is 0.761. The highest BCUT2D eigenvalue weighted by atomic mass is 19.4. The largest absolute Gasteiger partial charge is 0.416 e. The highest BCUT2D eigenvalue weighted by molar-refractivity contribution is 5.86. The fourth-order valence-corrected chi connectivity index (χ4v) is 3.82. The zero-order valence-corrected chi connectivity index (χ0v) is 16.4. The van der Waals surface area contributed by atoms with Crippen molar-refractivity contribution < 1.29 is 18.3 Å². The zero-order chi connectivity index (χ0) is 20.9. The summed E-state index contributed by atoms with van der Waals surface area (Å²) in [5, 5.41) is 15.6. The van der Waals surface area contributed by atoms with E-state index in [1.807, 2.05) is 18.2 Å². The molecule has 5 heteroatoms. The number of alkyl halides is 3. The summed E-state index contributed by atoms with van der Waals surface area (Å²) in [6.45, 7) is 2.34. The highest BCUT2D eigenvalue weighted by Crippen LogP contribution is 2.33. The van der Waals surface area contributed by atoms with Crippen LogP contribution < -0.4 is 5.32 Å². The van der Waals surface area contributed by atoms with Gasteiger partial charge in [0.2, 0.25) is 0 Å². The van der Waals surface area contributed by atoms with E-state index in [0.29, 0.717) is 6.54 Å². The number of hydrogen-bond acceptors (Lipinski definition) is 2. The standard InChI is InChI=1S/C24H26F3NO/c1-2-23(21-12-7-10-18-8-3-5-11-20(18)21)28-15-17(16-29)14-19-9-4-6-13-22(19)24(25,26)27/h3-13,17,23,28-29H,2,14-16H2,1H3. The van der Waals surface area contributed by atoms with Crippen molar-refractivity contribution in [2.45, 2.75) is 32.0 Å². The van der Waals surface area contributed by atoms with E-state index in [9.17, 15) is 18.3 Å². The lowest BCUT2D eigenvalue weighted by Gasteiger charge is -2.24. The quantitative estimate of drug-likeness (QED) is 0.504. The Balaban J connectivity index is 1.75. The summed E-state index contributed by atoms with van der Waals surface area (Å²) in [4.78, 5) is 0. The minimum atomic E-state index is -4.39. The summed E-state index contributed by atoms with van der Waals surface area (Å²) < 4.78 is 39.8. The van der Waals surface area contributed by atoms with Crippen LogP contribution in [0, 0.1) is 5.92 Å². The average molecular weight is 401 g/mol. The first-order valence-electron chi connectivity index (χ1n) is 9.91. The van der Waals surface area contributed by atoms with Gasteiger partial charge in [0.15, 0.2) is 0 Å². The van der Waals surface area contributed by atoms with E-state index in [4.69, 9.17) is 0 Å². The zero-order valence-electron chi connectivity index (χ0n) is 16.4. The number of rotatable bonds is 8. The monoisotopic (exact) mass is 401 g/mol. The van der Waals surface area contributed by atoms with Crippen LogP contribution in [-0.2, 0) is 12.6 Å². The number of nitrogens with one attached hydrogen (secondary N) is 1. The molecule has 2 N–H and O–H groups in total. The maximum Gasteiger partial charge on any atom is 0.416 e. The topological polar surface area (TPSA) is 32.3 Å². The van der Waals surface area contributed by atoms with Gasteiger partial charge in [-0.15, -0.1) is 0 Å². The summed E-state index contributed by atoms with van der Waals surface area (Å²) in [6.07, 6.45) is -3.38. The van der Waals surface area contributed by atoms with Gasteiger partial charge in [0.25, 0.3) is 0 Å². The number of halogens is 3. The van der Waals surface area contributed by atoms with Gasteiger partial charge < -0.3 is 10.4 Å². The van der Waals surface area contributed by atoms with E-state index < -0.39 is 11.7 Å². The van der Waals surface area contributed by atoms with Crippen LogP contribution in [0.15, 0.2) is 66.7 Å². The summed E-state index contributed by atoms with van der Waals surface area (Å²) in [6, 6.07) is 20.0. The molecule has 0 radical (unpaired) electrons. The lowest BCUT2D eigenvalue weighted by molar-refractivity contribution is -0.138. The highest BCUT2D eigenvalue weighted by Gasteiger charge is 2.33. The first-order chi connectivity index (χ1) is 13.9. The Morgan fingerprint density at radius 3 is 2.34 bits per heavy atom. The molecule has 0 amide bonds. The van der Waals surface area contributed by atoms with Gasteiger partial charge in [-0.2, -0.15) is 13.2 Å². The van der Waals surface area contributed by atoms with Gasteiger partial charge in [-0.05, 0) is 46.7 Å². The van der Waals surface area contributed by atoms with Gasteiger partial charge in [0.05, 0.1) is 5.56 Å². The van der Waals surface area contributed by atoms with Crippen molar-refractivity contribution in [1.82, 2.24) is 5.32 Å². The third kappa shape index (κ3) is 5.17. The van der Waals surface area contributed by atoms with Crippen LogP contribution in [0.4, 0.5) is 13.2 Å². The number of aliphatic hydroxyl groups is 1. The maximum atomic E-state index is 13.3. The first-order valence-corrected chi connectivity index (χ1v) is 9.91. The van der Waals surface area contributed by atoms with Gasteiger partial charge in [-0.3, -0.25) is 0 Å². The Kier molecular flexibility index (Phi) is 6.93. The molecule has 3 aromatic carbocycles. The molecule has 0 saturated carbocycles. The molecule has 2 nitrogen and oxygen atoms in total. The average Bonchev–Trinajstić information content (AvgIpc) is 2.73. The van der Waals surface area contributed by atoms with E-state index in [-0.39, 0.29) is 30.6 Å². The summed E-state index contributed by atoms with van der Waals surface area (Å²) in [5.74, 6) is -0.303. The molecule has 154 valence electrons. The second kappa shape index (κ2) is 9.42. The van der Waals surface area contributed by atoms with E-state index in [0.717, 1.165) is 28.8 Å². The molecule has 0 saturated heterocycles. The molecule has 3 aromatic rings. The van der Waals surface area contributed by atoms with Crippen molar-refractivity contribution in [3.05, 3.63) is 83.4 Å². The molecule has 0 aliphatic carbocycles. The van der Waals surface area contributed by atoms with Crippen molar-refractivity contribution in [2.24, 2.45) is 5.92 Å². The minimum Gasteiger partial charge on any atom is -0.396 e. The fraction of sp³-hybridized carbons (Fsp3) is 0.333. The van der Waals surface area contributed by atoms with Crippen LogP contribution in [0.2, 0.25) is 0 Å². The first kappa shape index (κ1) is 21.3. The molecule has 2 atom stereocenters. The molecule has 2 unspecified atom stereocenters. The van der Waals surface area contributed by atoms with Crippen molar-refractivity contribution >= 4 is 10.8 Å². The van der Waals surface area contributed by atoms with Gasteiger partial charge in [0, 0.05) is 19.2 Å². The second-order valence-corrected chi connectivity index (χ2v) is 7.35. The SMILES string of the molecule is CCC(NCC(CO)Cc1ccccc1C(F)(F)F)c1cccc2ccccc12. The van der Waals surface area contributed by atoms with Gasteiger partial charge >= 0.3 is 6.18 Å². The maximum absolute atomic E-state index is 13.3. The molecular weight excluding hydrogens is 375 g/mol. The van der Waals surface area contributed by atoms with Gasteiger partial charge in [-0.25, -0.2) is 0 Å². The second-order valence-electron chi connectivity index (χ2n) is 7.35. The molecule has 0 spiro atoms. The Morgan fingerprint density at radius 1 is 0.931 bits per heavy atom. The van der Waals surface area contributed by atoms with Crippen LogP contribution in [0.25, 0.3) is 10.8 Å². The molecule has 0 fully saturated rings. The smallest absolute Gasteiger partial charge is 0.396 e. The van der Waals surface area contributed by atoms with Gasteiger partial charge in [-0.1, -0.05) is 67.6 Å². The van der Waals surface area contributed by atoms with Crippen molar-refractivity contribution in [3.63, 3.8) is 0 Å². The van der Waals surface area contributed by atoms with Crippen molar-refractivity contribution in [3.8, 4) is 0 Å². The Bertz CT molecular complexity index is 933. The van der Waals surface area contributed by atoms with E-state index in [2.05, 4.69) is 36.5 Å². The molecule has 0 aromatic heterocycles. The summed E-state index contributed by atoms with van der Waals surface area (Å²) >= 11 is 0. The third-order valence-electron chi connectivity index (χ3n) is 5.35. The molecule has 0 heterocycles. The molecule has 29 heavy (non-hydrogen) atoms. The lowest BCUT2D eigenvalue weighted by atomic mass is 9.94. The predicted molar refractivity (Wildman–Crippen MR) is 111 cm³/mol. The summed E-state index contributed by atoms with van der Waals surface area (Å²) in [7, 11) is 0. The Morgan fingerprint density at radius 2 is 1.62 bits per heavy atom. The van der Waals surface area contributed by atoms with E-state index in [1.165, 1.54) is 12.1 Å². The molecule has 0 aliphatic rings. The van der Waals surface area contributed by atoms with Crippen LogP contribution in [-0.4, -0.2) is 18.3 Å². The van der Waals surface area contributed by atoms with Crippen LogP contribution in [0.3, 0.4) is 0 Å². The Labute approximate surface area is 169 Å². The van der Waals surface area contributed by atoms with Crippen LogP contribution in [0.5, 0.6) is 0 Å². The fourth-order valence-electron chi connectivity index (χ4n) is 3.82. The minimum absolute atomic E-state index is 0.0630. The molecular formula is C24H26F3NO. The normalized spacial score (nSPS) is 14.1. The van der Waals surface area contributed by atoms with Crippen molar-refractivity contribution in [1.29, 1.82) is 0 Å². The number of aliphatic hydroxyl groups excluding tert-OH is 1. The van der Waals surface area contributed by atoms with E-state index >= 15 is 0 Å². The molecule has 0 bridgehead atoms. The Hall–Kier alpha value is -2.37. The van der Waals surface area contributed by atoms with Crippen LogP contribution in [0.1, 0.15) is 36.1 Å². The van der Waals surface area contributed by atoms with Crippen molar-refractivity contribution in [2.75, 3.05) is 13.2 Å². The van der Waals surface area contributed by atoms with Crippen LogP contribution >= 0.6 is 0 Å². The van der Waals surface area contributed by atoms with Gasteiger partial charge in [0.1, 0.15) is 0 Å². The lowest BCUT2D eigenvalue weighted by Crippen LogP contribution is -2.30. The number of fused-ring (bicyclic) bond motifs is 1. The third-order valence-corrected chi connectivity index (χ3v) is 5.35.